The Labute approximate surface area is 273 Å². The normalized spacial score (nSPS) is 11.9. The molecule has 0 aromatic heterocycles. The molecule has 0 radical (unpaired) electrons. The highest BCUT2D eigenvalue weighted by Gasteiger charge is 2.46. The largest absolute Gasteiger partial charge is 0.299 e. The van der Waals surface area contributed by atoms with Crippen LogP contribution in [0.5, 0.6) is 0 Å². The summed E-state index contributed by atoms with van der Waals surface area (Å²) in [5.74, 6) is 0. The van der Waals surface area contributed by atoms with Gasteiger partial charge in [0.15, 0.2) is 0 Å². The lowest BCUT2D eigenvalue weighted by molar-refractivity contribution is -0.109. The first-order chi connectivity index (χ1) is 22.7. The van der Waals surface area contributed by atoms with Gasteiger partial charge in [0.1, 0.15) is 10.8 Å². The summed E-state index contributed by atoms with van der Waals surface area (Å²) < 4.78 is 0. The lowest BCUT2D eigenvalue weighted by Gasteiger charge is -2.31. The van der Waals surface area contributed by atoms with Crippen molar-refractivity contribution in [1.29, 1.82) is 0 Å². The molecule has 222 valence electrons. The van der Waals surface area contributed by atoms with Gasteiger partial charge in [-0.1, -0.05) is 194 Å². The van der Waals surface area contributed by atoms with Crippen LogP contribution in [0.3, 0.4) is 0 Å². The molecule has 0 amide bonds. The Hall–Kier alpha value is -5.43. The van der Waals surface area contributed by atoms with Crippen LogP contribution < -0.4 is 31.1 Å². The van der Waals surface area contributed by atoms with Gasteiger partial charge >= 0.3 is 0 Å². The topological polar surface area (TPSA) is 34.1 Å². The molecule has 0 heterocycles. The van der Waals surface area contributed by atoms with Gasteiger partial charge in [0.05, 0.1) is 0 Å². The van der Waals surface area contributed by atoms with Crippen LogP contribution in [0.1, 0.15) is 0 Å². The Morgan fingerprint density at radius 1 is 0.304 bits per heavy atom. The van der Waals surface area contributed by atoms with Crippen molar-refractivity contribution in [2.75, 3.05) is 0 Å². The summed E-state index contributed by atoms with van der Waals surface area (Å²) in [5, 5.41) is 6.21. The van der Waals surface area contributed by atoms with Crippen molar-refractivity contribution in [2.24, 2.45) is 0 Å². The van der Waals surface area contributed by atoms with E-state index in [0.717, 1.165) is 31.1 Å². The minimum atomic E-state index is -3.13. The fraction of sp³-hybridized carbons (Fsp3) is 0. The van der Waals surface area contributed by atoms with Crippen molar-refractivity contribution in [3.8, 4) is 0 Å². The molecule has 0 bridgehead atoms. The molecule has 6 aromatic rings. The summed E-state index contributed by atoms with van der Waals surface area (Å²) in [6.45, 7) is 0. The highest BCUT2D eigenvalue weighted by Crippen LogP contribution is 2.13. The fourth-order valence-electron chi connectivity index (χ4n) is 6.52. The maximum atomic E-state index is 14.6. The van der Waals surface area contributed by atoms with Gasteiger partial charge in [0.2, 0.25) is 16.1 Å². The molecular weight excluding hydrogens is 593 g/mol. The number of benzene rings is 6. The molecule has 0 unspecified atom stereocenters. The van der Waals surface area contributed by atoms with Crippen LogP contribution in [-0.4, -0.2) is 27.0 Å². The van der Waals surface area contributed by atoms with Gasteiger partial charge in [-0.3, -0.25) is 9.59 Å². The first-order valence-corrected chi connectivity index (χ1v) is 19.4. The zero-order valence-corrected chi connectivity index (χ0v) is 27.4. The Kier molecular flexibility index (Phi) is 9.39. The maximum absolute atomic E-state index is 14.6. The molecule has 4 heteroatoms. The number of rotatable bonds is 11. The Morgan fingerprint density at radius 2 is 0.478 bits per heavy atom. The van der Waals surface area contributed by atoms with Crippen molar-refractivity contribution in [3.05, 3.63) is 206 Å². The van der Waals surface area contributed by atoms with E-state index in [1.54, 1.807) is 24.3 Å². The number of hydrogen-bond acceptors (Lipinski definition) is 2. The Morgan fingerprint density at radius 3 is 0.652 bits per heavy atom. The van der Waals surface area contributed by atoms with E-state index in [1.165, 1.54) is 0 Å². The first kappa shape index (κ1) is 30.6. The highest BCUT2D eigenvalue weighted by atomic mass is 28.3. The lowest BCUT2D eigenvalue weighted by atomic mass is 10.3. The summed E-state index contributed by atoms with van der Waals surface area (Å²) in [5.41, 5.74) is 0. The van der Waals surface area contributed by atoms with Crippen LogP contribution in [0.25, 0.3) is 0 Å². The van der Waals surface area contributed by atoms with Crippen LogP contribution in [0.15, 0.2) is 206 Å². The molecule has 0 saturated heterocycles. The molecule has 0 fully saturated rings. The number of carbonyl (C=O) groups excluding carboxylic acids is 2. The highest BCUT2D eigenvalue weighted by molar-refractivity contribution is 7.31. The molecule has 0 aliphatic heterocycles. The molecule has 0 atom stereocenters. The van der Waals surface area contributed by atoms with Crippen LogP contribution in [-0.2, 0) is 9.59 Å². The minimum Gasteiger partial charge on any atom is -0.299 e. The third-order valence-electron chi connectivity index (χ3n) is 8.59. The van der Waals surface area contributed by atoms with E-state index >= 15 is 0 Å². The predicted octanol–water partition coefficient (Wildman–Crippen LogP) is 4.66. The summed E-state index contributed by atoms with van der Waals surface area (Å²) in [4.78, 5) is 29.3. The average Bonchev–Trinajstić information content (AvgIpc) is 3.14. The van der Waals surface area contributed by atoms with E-state index in [-0.39, 0.29) is 10.8 Å². The molecule has 2 nitrogen and oxygen atoms in total. The smallest absolute Gasteiger partial charge is 0.229 e. The summed E-state index contributed by atoms with van der Waals surface area (Å²) in [6.07, 6.45) is 6.83. The molecule has 0 aliphatic rings. The summed E-state index contributed by atoms with van der Waals surface area (Å²) >= 11 is 0. The summed E-state index contributed by atoms with van der Waals surface area (Å²) in [7, 11) is -6.27. The quantitative estimate of drug-likeness (QED) is 0.0908. The SMILES string of the molecule is O=C(/C=C/C=C/C(=O)[Si](c1ccccc1)(c1ccccc1)c1ccccc1)[Si](c1ccccc1)(c1ccccc1)c1ccccc1. The molecule has 0 saturated carbocycles. The maximum Gasteiger partial charge on any atom is 0.229 e. The average molecular weight is 627 g/mol. The molecule has 0 aliphatic carbocycles. The van der Waals surface area contributed by atoms with E-state index in [0.29, 0.717) is 0 Å². The Bertz CT molecular complexity index is 1600. The van der Waals surface area contributed by atoms with E-state index in [4.69, 9.17) is 0 Å². The molecule has 0 spiro atoms. The van der Waals surface area contributed by atoms with Gasteiger partial charge in [-0.25, -0.2) is 0 Å². The van der Waals surface area contributed by atoms with Crippen molar-refractivity contribution in [2.45, 2.75) is 0 Å². The third-order valence-corrected chi connectivity index (χ3v) is 17.6. The zero-order chi connectivity index (χ0) is 31.7. The zero-order valence-electron chi connectivity index (χ0n) is 25.4. The van der Waals surface area contributed by atoms with Gasteiger partial charge in [-0.05, 0) is 43.3 Å². The van der Waals surface area contributed by atoms with E-state index < -0.39 is 16.1 Å². The van der Waals surface area contributed by atoms with E-state index in [1.807, 2.05) is 109 Å². The van der Waals surface area contributed by atoms with Crippen LogP contribution in [0, 0.1) is 0 Å². The molecule has 6 aromatic carbocycles. The standard InChI is InChI=1S/C42H34O2Si2/c43-41(45(35-21-7-1-8-22-35,36-23-9-2-10-24-36)37-25-11-3-12-26-37)33-19-20-34-42(44)46(38-27-13-4-14-28-38,39-29-15-5-16-30-39)40-31-17-6-18-32-40/h1-34H/b33-19+,34-20+. The second kappa shape index (κ2) is 14.1. The first-order valence-electron chi connectivity index (χ1n) is 15.4. The van der Waals surface area contributed by atoms with Gasteiger partial charge in [0.25, 0.3) is 0 Å². The van der Waals surface area contributed by atoms with Crippen molar-refractivity contribution >= 4 is 58.1 Å². The monoisotopic (exact) mass is 626 g/mol. The molecular formula is C42H34O2Si2. The van der Waals surface area contributed by atoms with E-state index in [2.05, 4.69) is 72.8 Å². The van der Waals surface area contributed by atoms with Crippen LogP contribution >= 0.6 is 0 Å². The van der Waals surface area contributed by atoms with Gasteiger partial charge in [0, 0.05) is 0 Å². The number of allylic oxidation sites excluding steroid dienone is 4. The van der Waals surface area contributed by atoms with Gasteiger partial charge < -0.3 is 0 Å². The number of carbonyl (C=O) groups is 2. The second-order valence-corrected chi connectivity index (χ2v) is 18.6. The van der Waals surface area contributed by atoms with Crippen molar-refractivity contribution in [1.82, 2.24) is 0 Å². The predicted molar refractivity (Wildman–Crippen MR) is 196 cm³/mol. The van der Waals surface area contributed by atoms with Crippen LogP contribution in [0.2, 0.25) is 0 Å². The van der Waals surface area contributed by atoms with Crippen molar-refractivity contribution < 1.29 is 9.59 Å². The minimum absolute atomic E-state index is 0.0471. The molecule has 0 N–H and O–H groups in total. The lowest BCUT2D eigenvalue weighted by Crippen LogP contribution is -2.72. The van der Waals surface area contributed by atoms with Gasteiger partial charge in [-0.2, -0.15) is 0 Å². The van der Waals surface area contributed by atoms with Gasteiger partial charge in [-0.15, -0.1) is 0 Å². The van der Waals surface area contributed by atoms with E-state index in [9.17, 15) is 9.59 Å². The molecule has 6 rings (SSSR count). The molecule has 46 heavy (non-hydrogen) atoms. The number of hydrogen-bond donors (Lipinski definition) is 0. The van der Waals surface area contributed by atoms with Crippen molar-refractivity contribution in [3.63, 3.8) is 0 Å². The fourth-order valence-corrected chi connectivity index (χ4v) is 15.1. The Balaban J connectivity index is 1.44. The van der Waals surface area contributed by atoms with Crippen LogP contribution in [0.4, 0.5) is 0 Å². The second-order valence-electron chi connectivity index (χ2n) is 11.1. The third kappa shape index (κ3) is 5.72. The summed E-state index contributed by atoms with van der Waals surface area (Å²) in [6, 6.07) is 60.7.